The van der Waals surface area contributed by atoms with Crippen LogP contribution in [-0.2, 0) is 20.9 Å². The van der Waals surface area contributed by atoms with Crippen molar-refractivity contribution in [1.82, 2.24) is 34.2 Å². The van der Waals surface area contributed by atoms with Crippen LogP contribution in [0.5, 0.6) is 0 Å². The average Bonchev–Trinajstić information content (AvgIpc) is 3.61. The van der Waals surface area contributed by atoms with Gasteiger partial charge in [0.15, 0.2) is 17.0 Å². The maximum absolute atomic E-state index is 12.0. The van der Waals surface area contributed by atoms with Gasteiger partial charge in [-0.05, 0) is 19.3 Å². The third kappa shape index (κ3) is 6.04. The minimum absolute atomic E-state index is 0.221. The van der Waals surface area contributed by atoms with Crippen LogP contribution in [0, 0.1) is 0 Å². The van der Waals surface area contributed by atoms with Gasteiger partial charge in [-0.2, -0.15) is 9.97 Å². The van der Waals surface area contributed by atoms with Crippen LogP contribution in [0.25, 0.3) is 11.2 Å². The molecule has 0 saturated carbocycles. The smallest absolute Gasteiger partial charge is 0.226 e. The molecule has 0 spiro atoms. The monoisotopic (exact) mass is 499 g/mol. The van der Waals surface area contributed by atoms with E-state index in [0.29, 0.717) is 44.2 Å². The van der Waals surface area contributed by atoms with Crippen LogP contribution in [0.2, 0.25) is 0 Å². The summed E-state index contributed by atoms with van der Waals surface area (Å²) < 4.78 is 7.45. The highest BCUT2D eigenvalue weighted by molar-refractivity contribution is 5.84. The molecule has 3 fully saturated rings. The summed E-state index contributed by atoms with van der Waals surface area (Å²) in [5.41, 5.74) is 1.49. The first-order valence-corrected chi connectivity index (χ1v) is 13.2. The van der Waals surface area contributed by atoms with Crippen LogP contribution in [0.15, 0.2) is 6.33 Å². The lowest BCUT2D eigenvalue weighted by atomic mass is 10.4. The molecule has 3 saturated heterocycles. The van der Waals surface area contributed by atoms with E-state index in [9.17, 15) is 9.59 Å². The number of fused-ring (bicyclic) bond motifs is 1. The van der Waals surface area contributed by atoms with Crippen molar-refractivity contribution < 1.29 is 14.3 Å². The van der Waals surface area contributed by atoms with Gasteiger partial charge < -0.3 is 29.7 Å². The molecule has 0 bridgehead atoms. The zero-order valence-corrected chi connectivity index (χ0v) is 21.0. The second kappa shape index (κ2) is 11.8. The maximum Gasteiger partial charge on any atom is 0.226 e. The van der Waals surface area contributed by atoms with Gasteiger partial charge >= 0.3 is 0 Å². The molecule has 12 heteroatoms. The molecule has 2 N–H and O–H groups in total. The summed E-state index contributed by atoms with van der Waals surface area (Å²) in [5, 5.41) is 6.81. The Labute approximate surface area is 211 Å². The van der Waals surface area contributed by atoms with E-state index in [1.165, 1.54) is 0 Å². The van der Waals surface area contributed by atoms with Gasteiger partial charge in [-0.25, -0.2) is 4.98 Å². The zero-order valence-electron chi connectivity index (χ0n) is 21.0. The average molecular weight is 500 g/mol. The fourth-order valence-electron chi connectivity index (χ4n) is 5.05. The van der Waals surface area contributed by atoms with Gasteiger partial charge in [0.25, 0.3) is 0 Å². The zero-order chi connectivity index (χ0) is 24.7. The van der Waals surface area contributed by atoms with E-state index in [2.05, 4.69) is 20.5 Å². The number of likely N-dealkylation sites (tertiary alicyclic amines) is 2. The number of ether oxygens (including phenoxy) is 1. The highest BCUT2D eigenvalue weighted by Crippen LogP contribution is 2.21. The number of nitrogens with zero attached hydrogens (tertiary/aromatic N) is 7. The molecular weight excluding hydrogens is 462 g/mol. The van der Waals surface area contributed by atoms with Crippen molar-refractivity contribution in [3.63, 3.8) is 0 Å². The van der Waals surface area contributed by atoms with E-state index >= 15 is 0 Å². The van der Waals surface area contributed by atoms with Gasteiger partial charge in [0.1, 0.15) is 0 Å². The molecule has 0 aliphatic carbocycles. The molecular formula is C24H37N9O3. The molecule has 2 amide bonds. The largest absolute Gasteiger partial charge is 0.379 e. The predicted molar refractivity (Wildman–Crippen MR) is 136 cm³/mol. The molecule has 5 heterocycles. The minimum Gasteiger partial charge on any atom is -0.379 e. The lowest BCUT2D eigenvalue weighted by molar-refractivity contribution is -0.128. The summed E-state index contributed by atoms with van der Waals surface area (Å²) in [6.45, 7) is 9.49. The summed E-state index contributed by atoms with van der Waals surface area (Å²) >= 11 is 0. The number of anilines is 2. The molecule has 5 rings (SSSR count). The second-order valence-corrected chi connectivity index (χ2v) is 9.64. The number of imidazole rings is 1. The third-order valence-corrected chi connectivity index (χ3v) is 7.13. The summed E-state index contributed by atoms with van der Waals surface area (Å²) in [6.07, 6.45) is 5.82. The fourth-order valence-corrected chi connectivity index (χ4v) is 5.05. The first-order valence-electron chi connectivity index (χ1n) is 13.2. The van der Waals surface area contributed by atoms with Gasteiger partial charge in [0.2, 0.25) is 17.8 Å². The Morgan fingerprint density at radius 1 is 0.833 bits per heavy atom. The Kier molecular flexibility index (Phi) is 8.11. The van der Waals surface area contributed by atoms with E-state index in [1.807, 2.05) is 14.4 Å². The lowest BCUT2D eigenvalue weighted by Crippen LogP contribution is -2.39. The number of morpholine rings is 1. The number of aromatic nitrogens is 4. The van der Waals surface area contributed by atoms with Crippen LogP contribution in [0.4, 0.5) is 11.8 Å². The molecule has 12 nitrogen and oxygen atoms in total. The Morgan fingerprint density at radius 2 is 1.58 bits per heavy atom. The first kappa shape index (κ1) is 24.7. The van der Waals surface area contributed by atoms with Crippen molar-refractivity contribution in [1.29, 1.82) is 0 Å². The Hall–Kier alpha value is -2.99. The number of hydrogen-bond donors (Lipinski definition) is 2. The van der Waals surface area contributed by atoms with Crippen LogP contribution >= 0.6 is 0 Å². The quantitative estimate of drug-likeness (QED) is 0.405. The van der Waals surface area contributed by atoms with E-state index < -0.39 is 0 Å². The van der Waals surface area contributed by atoms with Crippen LogP contribution in [-0.4, -0.2) is 118 Å². The fraction of sp³-hybridized carbons (Fsp3) is 0.708. The number of carbonyl (C=O) groups is 2. The highest BCUT2D eigenvalue weighted by atomic mass is 16.5. The molecule has 2 aromatic rings. The highest BCUT2D eigenvalue weighted by Gasteiger charge is 2.21. The van der Waals surface area contributed by atoms with Crippen molar-refractivity contribution in [2.24, 2.45) is 0 Å². The number of amides is 2. The molecule has 2 aromatic heterocycles. The number of carbonyl (C=O) groups excluding carboxylic acids is 2. The van der Waals surface area contributed by atoms with Crippen LogP contribution < -0.4 is 10.6 Å². The number of nitrogens with one attached hydrogen (secondary N) is 2. The Morgan fingerprint density at radius 3 is 2.31 bits per heavy atom. The first-order chi connectivity index (χ1) is 17.7. The summed E-state index contributed by atoms with van der Waals surface area (Å²) in [7, 11) is 0. The number of rotatable bonds is 12. The molecule has 36 heavy (non-hydrogen) atoms. The Bertz CT molecular complexity index is 1050. The van der Waals surface area contributed by atoms with Crippen molar-refractivity contribution in [3.8, 4) is 0 Å². The lowest BCUT2D eigenvalue weighted by Gasteiger charge is -2.26. The van der Waals surface area contributed by atoms with Crippen molar-refractivity contribution >= 4 is 34.7 Å². The van der Waals surface area contributed by atoms with Crippen molar-refractivity contribution in [2.45, 2.75) is 38.6 Å². The summed E-state index contributed by atoms with van der Waals surface area (Å²) in [6, 6.07) is 0. The minimum atomic E-state index is 0.221. The second-order valence-electron chi connectivity index (χ2n) is 9.64. The van der Waals surface area contributed by atoms with Crippen LogP contribution in [0.3, 0.4) is 0 Å². The molecule has 3 aliphatic heterocycles. The van der Waals surface area contributed by atoms with Gasteiger partial charge in [-0.15, -0.1) is 0 Å². The SMILES string of the molecule is O=C1CCCN1CCCNc1nc(NCCN2CCOCC2)c2ncn(CCN3CCCC3=O)c2n1. The van der Waals surface area contributed by atoms with Gasteiger partial charge in [0, 0.05) is 78.3 Å². The van der Waals surface area contributed by atoms with E-state index in [4.69, 9.17) is 14.7 Å². The van der Waals surface area contributed by atoms with E-state index in [1.54, 1.807) is 6.33 Å². The molecule has 3 aliphatic rings. The standard InChI is InChI=1S/C24H37N9O3/c34-19-4-1-8-31(19)10-3-6-26-24-28-22(25-7-11-30-14-16-36-17-15-30)21-23(29-24)33(18-27-21)13-12-32-9-2-5-20(32)35/h18H,1-17H2,(H2,25,26,28,29). The third-order valence-electron chi connectivity index (χ3n) is 7.13. The molecule has 0 atom stereocenters. The molecule has 196 valence electrons. The molecule has 0 unspecified atom stereocenters. The predicted octanol–water partition coefficient (Wildman–Crippen LogP) is 0.617. The normalized spacial score (nSPS) is 19.1. The van der Waals surface area contributed by atoms with Crippen molar-refractivity contribution in [3.05, 3.63) is 6.33 Å². The Balaban J connectivity index is 1.25. The van der Waals surface area contributed by atoms with Gasteiger partial charge in [0.05, 0.1) is 19.5 Å². The van der Waals surface area contributed by atoms with Gasteiger partial charge in [-0.1, -0.05) is 0 Å². The maximum atomic E-state index is 12.0. The molecule has 0 aromatic carbocycles. The van der Waals surface area contributed by atoms with Crippen LogP contribution in [0.1, 0.15) is 32.1 Å². The van der Waals surface area contributed by atoms with Gasteiger partial charge in [-0.3, -0.25) is 14.5 Å². The number of hydrogen-bond acceptors (Lipinski definition) is 9. The van der Waals surface area contributed by atoms with E-state index in [0.717, 1.165) is 89.5 Å². The topological polar surface area (TPSA) is 121 Å². The van der Waals surface area contributed by atoms with Crippen molar-refractivity contribution in [2.75, 3.05) is 82.8 Å². The summed E-state index contributed by atoms with van der Waals surface area (Å²) in [5.74, 6) is 1.72. The summed E-state index contributed by atoms with van der Waals surface area (Å²) in [4.78, 5) is 44.2. The van der Waals surface area contributed by atoms with E-state index in [-0.39, 0.29) is 11.8 Å². The molecule has 0 radical (unpaired) electrons.